The number of rotatable bonds is 7. The Balaban J connectivity index is 1.88. The standard InChI is InChI=1S/C26H33ClN4O2/c1-5-6-11-24(27)29-25(31-14-12-30(3)13-15-31)16-19(2)26(32)28-23-18-21(33-4)17-20-9-7-8-10-22(20)23/h7-11,16-18H,5-6,12-15H2,1-4H3,(H,28,32)/b19-16+,24-11+,29-25+. The molecule has 6 nitrogen and oxygen atoms in total. The Bertz CT molecular complexity index is 1070. The summed E-state index contributed by atoms with van der Waals surface area (Å²) in [4.78, 5) is 22.2. The Morgan fingerprint density at radius 3 is 2.64 bits per heavy atom. The number of likely N-dealkylation sites (N-methyl/N-ethyl adjacent to an activating group) is 1. The van der Waals surface area contributed by atoms with Crippen LogP contribution in [0.3, 0.4) is 0 Å². The van der Waals surface area contributed by atoms with Gasteiger partial charge < -0.3 is 19.9 Å². The third-order valence-corrected chi connectivity index (χ3v) is 5.91. The van der Waals surface area contributed by atoms with E-state index in [1.165, 1.54) is 0 Å². The molecule has 3 rings (SSSR count). The van der Waals surface area contributed by atoms with Crippen LogP contribution in [0.15, 0.2) is 64.3 Å². The van der Waals surface area contributed by atoms with E-state index in [-0.39, 0.29) is 5.91 Å². The fraction of sp³-hybridized carbons (Fsp3) is 0.385. The second-order valence-electron chi connectivity index (χ2n) is 8.25. The van der Waals surface area contributed by atoms with Crippen LogP contribution in [0.5, 0.6) is 5.75 Å². The number of hydrogen-bond acceptors (Lipinski definition) is 4. The van der Waals surface area contributed by atoms with Gasteiger partial charge in [-0.3, -0.25) is 4.79 Å². The van der Waals surface area contributed by atoms with Crippen LogP contribution in [-0.2, 0) is 4.79 Å². The number of ether oxygens (including phenoxy) is 1. The molecule has 1 heterocycles. The number of nitrogens with one attached hydrogen (secondary N) is 1. The van der Waals surface area contributed by atoms with Crippen molar-refractivity contribution in [1.29, 1.82) is 0 Å². The first-order valence-corrected chi connectivity index (χ1v) is 11.7. The number of amides is 1. The molecule has 1 fully saturated rings. The van der Waals surface area contributed by atoms with Gasteiger partial charge in [-0.1, -0.05) is 49.2 Å². The molecule has 1 N–H and O–H groups in total. The van der Waals surface area contributed by atoms with Gasteiger partial charge >= 0.3 is 0 Å². The van der Waals surface area contributed by atoms with Crippen molar-refractivity contribution in [1.82, 2.24) is 9.80 Å². The molecule has 0 radical (unpaired) electrons. The Morgan fingerprint density at radius 1 is 1.21 bits per heavy atom. The highest BCUT2D eigenvalue weighted by Gasteiger charge is 2.18. The van der Waals surface area contributed by atoms with E-state index in [0.29, 0.717) is 28.0 Å². The molecule has 33 heavy (non-hydrogen) atoms. The molecule has 1 amide bonds. The van der Waals surface area contributed by atoms with Crippen LogP contribution >= 0.6 is 11.6 Å². The summed E-state index contributed by atoms with van der Waals surface area (Å²) in [7, 11) is 3.73. The van der Waals surface area contributed by atoms with Crippen molar-refractivity contribution in [2.24, 2.45) is 4.99 Å². The number of amidine groups is 1. The number of nitrogens with zero attached hydrogens (tertiary/aromatic N) is 3. The number of anilines is 1. The van der Waals surface area contributed by atoms with E-state index in [4.69, 9.17) is 16.3 Å². The van der Waals surface area contributed by atoms with Gasteiger partial charge in [0.2, 0.25) is 0 Å². The van der Waals surface area contributed by atoms with Crippen molar-refractivity contribution in [3.05, 3.63) is 59.3 Å². The molecule has 1 aliphatic rings. The van der Waals surface area contributed by atoms with Crippen LogP contribution in [0, 0.1) is 0 Å². The lowest BCUT2D eigenvalue weighted by molar-refractivity contribution is -0.112. The normalized spacial score (nSPS) is 16.3. The molecule has 2 aromatic carbocycles. The quantitative estimate of drug-likeness (QED) is 0.260. The predicted molar refractivity (Wildman–Crippen MR) is 138 cm³/mol. The first-order chi connectivity index (χ1) is 15.9. The van der Waals surface area contributed by atoms with Gasteiger partial charge in [0, 0.05) is 43.2 Å². The average molecular weight is 469 g/mol. The fourth-order valence-electron chi connectivity index (χ4n) is 3.63. The van der Waals surface area contributed by atoms with Crippen LogP contribution in [0.4, 0.5) is 5.69 Å². The van der Waals surface area contributed by atoms with Crippen molar-refractivity contribution >= 4 is 39.8 Å². The molecule has 0 spiro atoms. The molecule has 7 heteroatoms. The summed E-state index contributed by atoms with van der Waals surface area (Å²) >= 11 is 6.39. The Labute approximate surface area is 201 Å². The van der Waals surface area contributed by atoms with Gasteiger partial charge in [0.1, 0.15) is 16.7 Å². The molecule has 1 aliphatic heterocycles. The van der Waals surface area contributed by atoms with Gasteiger partial charge in [-0.2, -0.15) is 0 Å². The number of unbranched alkanes of at least 4 members (excludes halogenated alkanes) is 1. The summed E-state index contributed by atoms with van der Waals surface area (Å²) < 4.78 is 5.42. The fourth-order valence-corrected chi connectivity index (χ4v) is 3.83. The minimum atomic E-state index is -0.191. The molecule has 176 valence electrons. The third-order valence-electron chi connectivity index (χ3n) is 5.67. The highest BCUT2D eigenvalue weighted by Crippen LogP contribution is 2.29. The summed E-state index contributed by atoms with van der Waals surface area (Å²) in [5, 5.41) is 5.46. The van der Waals surface area contributed by atoms with Crippen molar-refractivity contribution in [3.63, 3.8) is 0 Å². The highest BCUT2D eigenvalue weighted by molar-refractivity contribution is 6.30. The van der Waals surface area contributed by atoms with E-state index in [2.05, 4.69) is 34.1 Å². The summed E-state index contributed by atoms with van der Waals surface area (Å²) in [6.07, 6.45) is 5.61. The van der Waals surface area contributed by atoms with E-state index < -0.39 is 0 Å². The zero-order valence-corrected chi connectivity index (χ0v) is 20.7. The smallest absolute Gasteiger partial charge is 0.251 e. The van der Waals surface area contributed by atoms with Crippen molar-refractivity contribution in [2.45, 2.75) is 26.7 Å². The minimum absolute atomic E-state index is 0.191. The molecule has 1 saturated heterocycles. The second kappa shape index (κ2) is 11.9. The largest absolute Gasteiger partial charge is 0.497 e. The molecule has 0 aliphatic carbocycles. The van der Waals surface area contributed by atoms with E-state index in [1.807, 2.05) is 48.6 Å². The molecule has 2 aromatic rings. The number of allylic oxidation sites excluding steroid dienone is 1. The zero-order valence-electron chi connectivity index (χ0n) is 19.9. The molecular formula is C26H33ClN4O2. The maximum Gasteiger partial charge on any atom is 0.251 e. The summed E-state index contributed by atoms with van der Waals surface area (Å²) in [6, 6.07) is 11.7. The summed E-state index contributed by atoms with van der Waals surface area (Å²) in [6.45, 7) is 7.43. The van der Waals surface area contributed by atoms with Gasteiger partial charge in [-0.05, 0) is 44.0 Å². The Hall–Kier alpha value is -2.83. The van der Waals surface area contributed by atoms with Crippen LogP contribution in [0.2, 0.25) is 0 Å². The zero-order chi connectivity index (χ0) is 23.8. The Kier molecular flexibility index (Phi) is 8.92. The topological polar surface area (TPSA) is 57.2 Å². The number of benzene rings is 2. The third kappa shape index (κ3) is 6.83. The number of carbonyl (C=O) groups is 1. The van der Waals surface area contributed by atoms with E-state index in [0.717, 1.165) is 49.8 Å². The maximum absolute atomic E-state index is 13.1. The average Bonchev–Trinajstić information content (AvgIpc) is 2.82. The van der Waals surface area contributed by atoms with Crippen LogP contribution < -0.4 is 10.1 Å². The van der Waals surface area contributed by atoms with Crippen molar-refractivity contribution in [3.8, 4) is 5.75 Å². The van der Waals surface area contributed by atoms with Gasteiger partial charge in [0.05, 0.1) is 12.8 Å². The lowest BCUT2D eigenvalue weighted by Crippen LogP contribution is -2.46. The number of methoxy groups -OCH3 is 1. The number of aliphatic imine (C=N–C) groups is 1. The van der Waals surface area contributed by atoms with E-state index in [1.54, 1.807) is 14.0 Å². The summed E-state index contributed by atoms with van der Waals surface area (Å²) in [5.41, 5.74) is 1.26. The van der Waals surface area contributed by atoms with Crippen LogP contribution in [0.25, 0.3) is 10.8 Å². The molecule has 0 unspecified atom stereocenters. The van der Waals surface area contributed by atoms with Crippen molar-refractivity contribution < 1.29 is 9.53 Å². The lowest BCUT2D eigenvalue weighted by atomic mass is 10.1. The predicted octanol–water partition coefficient (Wildman–Crippen LogP) is 5.26. The number of piperazine rings is 1. The van der Waals surface area contributed by atoms with Gasteiger partial charge in [0.15, 0.2) is 0 Å². The van der Waals surface area contributed by atoms with Gasteiger partial charge in [-0.25, -0.2) is 4.99 Å². The number of hydrogen-bond donors (Lipinski definition) is 1. The highest BCUT2D eigenvalue weighted by atomic mass is 35.5. The number of carbonyl (C=O) groups excluding carboxylic acids is 1. The van der Waals surface area contributed by atoms with E-state index >= 15 is 0 Å². The second-order valence-corrected chi connectivity index (χ2v) is 8.64. The molecule has 0 saturated carbocycles. The van der Waals surface area contributed by atoms with Crippen LogP contribution in [-0.4, -0.2) is 61.9 Å². The SMILES string of the molecule is CCC/C=C(Cl)/N=C(\C=C(/C)C(=O)Nc1cc(OC)cc2ccccc12)N1CCN(C)CC1. The molecule has 0 bridgehead atoms. The van der Waals surface area contributed by atoms with Gasteiger partial charge in [-0.15, -0.1) is 0 Å². The van der Waals surface area contributed by atoms with Crippen molar-refractivity contribution in [2.75, 3.05) is 45.7 Å². The molecular weight excluding hydrogens is 436 g/mol. The summed E-state index contributed by atoms with van der Waals surface area (Å²) in [5.74, 6) is 1.21. The first-order valence-electron chi connectivity index (χ1n) is 11.4. The minimum Gasteiger partial charge on any atom is -0.497 e. The monoisotopic (exact) mass is 468 g/mol. The molecule has 0 atom stereocenters. The number of halogens is 1. The van der Waals surface area contributed by atoms with E-state index in [9.17, 15) is 4.79 Å². The lowest BCUT2D eigenvalue weighted by Gasteiger charge is -2.33. The first kappa shape index (κ1) is 24.8. The Morgan fingerprint density at radius 2 is 1.94 bits per heavy atom. The number of fused-ring (bicyclic) bond motifs is 1. The van der Waals surface area contributed by atoms with Gasteiger partial charge in [0.25, 0.3) is 5.91 Å². The van der Waals surface area contributed by atoms with Crippen LogP contribution in [0.1, 0.15) is 26.7 Å². The maximum atomic E-state index is 13.1. The molecule has 0 aromatic heterocycles.